The molecule has 0 saturated heterocycles. The smallest absolute Gasteiger partial charge is 0.0588 e. The molecule has 1 atom stereocenters. The van der Waals surface area contributed by atoms with Crippen LogP contribution >= 0.6 is 0 Å². The van der Waals surface area contributed by atoms with Gasteiger partial charge in [0, 0.05) is 18.8 Å². The van der Waals surface area contributed by atoms with E-state index in [2.05, 4.69) is 29.8 Å². The second kappa shape index (κ2) is 3.36. The Labute approximate surface area is 79.6 Å². The molecule has 0 amide bonds. The van der Waals surface area contributed by atoms with Gasteiger partial charge in [-0.3, -0.25) is 4.98 Å². The number of fused-ring (bicyclic) bond motifs is 1. The summed E-state index contributed by atoms with van der Waals surface area (Å²) in [4.78, 5) is 6.64. The first-order valence-corrected chi connectivity index (χ1v) is 5.02. The van der Waals surface area contributed by atoms with Gasteiger partial charge in [0.15, 0.2) is 0 Å². The summed E-state index contributed by atoms with van der Waals surface area (Å²) in [6.45, 7) is 5.68. The van der Waals surface area contributed by atoms with Crippen molar-refractivity contribution in [1.29, 1.82) is 0 Å². The van der Waals surface area contributed by atoms with Crippen molar-refractivity contribution in [3.8, 4) is 0 Å². The minimum atomic E-state index is 0.644. The van der Waals surface area contributed by atoms with Crippen molar-refractivity contribution < 1.29 is 0 Å². The van der Waals surface area contributed by atoms with Crippen LogP contribution in [-0.2, 0) is 6.42 Å². The van der Waals surface area contributed by atoms with Crippen LogP contribution in [0.2, 0.25) is 0 Å². The van der Waals surface area contributed by atoms with E-state index < -0.39 is 0 Å². The average molecular weight is 176 g/mol. The Balaban J connectivity index is 2.28. The SMILES string of the molecule is CCC(C)N1CCc2ccncc21. The van der Waals surface area contributed by atoms with Gasteiger partial charge in [0.05, 0.1) is 11.9 Å². The lowest BCUT2D eigenvalue weighted by Gasteiger charge is -2.25. The zero-order valence-corrected chi connectivity index (χ0v) is 8.33. The van der Waals surface area contributed by atoms with E-state index in [9.17, 15) is 0 Å². The largest absolute Gasteiger partial charge is 0.367 e. The van der Waals surface area contributed by atoms with E-state index in [0.717, 1.165) is 6.54 Å². The lowest BCUT2D eigenvalue weighted by molar-refractivity contribution is 0.635. The molecule has 1 aromatic heterocycles. The molecule has 0 saturated carbocycles. The van der Waals surface area contributed by atoms with Crippen molar-refractivity contribution in [2.45, 2.75) is 32.7 Å². The first-order chi connectivity index (χ1) is 6.33. The number of hydrogen-bond acceptors (Lipinski definition) is 2. The molecule has 2 nitrogen and oxygen atoms in total. The number of nitrogens with zero attached hydrogens (tertiary/aromatic N) is 2. The van der Waals surface area contributed by atoms with Crippen molar-refractivity contribution in [2.75, 3.05) is 11.4 Å². The maximum atomic E-state index is 4.18. The van der Waals surface area contributed by atoms with E-state index in [0.29, 0.717) is 6.04 Å². The lowest BCUT2D eigenvalue weighted by Crippen LogP contribution is -2.30. The van der Waals surface area contributed by atoms with E-state index in [1.165, 1.54) is 24.1 Å². The summed E-state index contributed by atoms with van der Waals surface area (Å²) in [5.41, 5.74) is 2.80. The minimum absolute atomic E-state index is 0.644. The van der Waals surface area contributed by atoms with Crippen molar-refractivity contribution in [3.05, 3.63) is 24.0 Å². The van der Waals surface area contributed by atoms with Gasteiger partial charge in [0.25, 0.3) is 0 Å². The van der Waals surface area contributed by atoms with Crippen molar-refractivity contribution in [3.63, 3.8) is 0 Å². The summed E-state index contributed by atoms with van der Waals surface area (Å²) in [6.07, 6.45) is 6.27. The molecule has 0 fully saturated rings. The van der Waals surface area contributed by atoms with Gasteiger partial charge in [-0.25, -0.2) is 0 Å². The zero-order valence-electron chi connectivity index (χ0n) is 8.33. The Morgan fingerprint density at radius 3 is 3.23 bits per heavy atom. The van der Waals surface area contributed by atoms with Crippen LogP contribution in [0.5, 0.6) is 0 Å². The topological polar surface area (TPSA) is 16.1 Å². The third-order valence-corrected chi connectivity index (χ3v) is 2.94. The molecule has 1 aliphatic rings. The summed E-state index contributed by atoms with van der Waals surface area (Å²) in [6, 6.07) is 2.78. The van der Waals surface area contributed by atoms with E-state index >= 15 is 0 Å². The number of hydrogen-bond donors (Lipinski definition) is 0. The number of rotatable bonds is 2. The molecule has 0 bridgehead atoms. The van der Waals surface area contributed by atoms with Gasteiger partial charge in [-0.1, -0.05) is 6.92 Å². The Morgan fingerprint density at radius 1 is 1.62 bits per heavy atom. The fourth-order valence-electron chi connectivity index (χ4n) is 1.92. The first-order valence-electron chi connectivity index (χ1n) is 5.02. The summed E-state index contributed by atoms with van der Waals surface area (Å²) in [5.74, 6) is 0. The van der Waals surface area contributed by atoms with Gasteiger partial charge in [-0.15, -0.1) is 0 Å². The van der Waals surface area contributed by atoms with E-state index in [1.807, 2.05) is 12.4 Å². The van der Waals surface area contributed by atoms with E-state index in [4.69, 9.17) is 0 Å². The number of aromatic nitrogens is 1. The Kier molecular flexibility index (Phi) is 2.21. The van der Waals surface area contributed by atoms with E-state index in [-0.39, 0.29) is 0 Å². The van der Waals surface area contributed by atoms with Gasteiger partial charge in [0.2, 0.25) is 0 Å². The third kappa shape index (κ3) is 1.41. The molecule has 1 unspecified atom stereocenters. The maximum absolute atomic E-state index is 4.18. The van der Waals surface area contributed by atoms with Crippen LogP contribution in [0.1, 0.15) is 25.8 Å². The van der Waals surface area contributed by atoms with Gasteiger partial charge in [0.1, 0.15) is 0 Å². The van der Waals surface area contributed by atoms with Crippen LogP contribution in [0.25, 0.3) is 0 Å². The number of anilines is 1. The molecule has 2 rings (SSSR count). The average Bonchev–Trinajstić information content (AvgIpc) is 2.60. The summed E-state index contributed by atoms with van der Waals surface area (Å²) in [7, 11) is 0. The fraction of sp³-hybridized carbons (Fsp3) is 0.545. The second-order valence-electron chi connectivity index (χ2n) is 3.71. The second-order valence-corrected chi connectivity index (χ2v) is 3.71. The van der Waals surface area contributed by atoms with Crippen LogP contribution < -0.4 is 4.90 Å². The quantitative estimate of drug-likeness (QED) is 0.687. The summed E-state index contributed by atoms with van der Waals surface area (Å²) >= 11 is 0. The van der Waals surface area contributed by atoms with Gasteiger partial charge < -0.3 is 4.90 Å². The van der Waals surface area contributed by atoms with Crippen molar-refractivity contribution in [1.82, 2.24) is 4.98 Å². The predicted molar refractivity (Wildman–Crippen MR) is 55.0 cm³/mol. The summed E-state index contributed by atoms with van der Waals surface area (Å²) < 4.78 is 0. The first kappa shape index (κ1) is 8.54. The molecule has 2 heteroatoms. The molecule has 13 heavy (non-hydrogen) atoms. The monoisotopic (exact) mass is 176 g/mol. The zero-order chi connectivity index (χ0) is 9.26. The highest BCUT2D eigenvalue weighted by atomic mass is 15.2. The van der Waals surface area contributed by atoms with Crippen LogP contribution in [0.3, 0.4) is 0 Å². The standard InChI is InChI=1S/C11H16N2/c1-3-9(2)13-7-5-10-4-6-12-8-11(10)13/h4,6,8-9H,3,5,7H2,1-2H3. The molecular formula is C11H16N2. The molecule has 70 valence electrons. The molecule has 0 aliphatic carbocycles. The minimum Gasteiger partial charge on any atom is -0.367 e. The molecule has 0 spiro atoms. The Bertz CT molecular complexity index is 296. The van der Waals surface area contributed by atoms with Crippen LogP contribution in [0.4, 0.5) is 5.69 Å². The van der Waals surface area contributed by atoms with Crippen molar-refractivity contribution >= 4 is 5.69 Å². The fourth-order valence-corrected chi connectivity index (χ4v) is 1.92. The van der Waals surface area contributed by atoms with Crippen LogP contribution in [0.15, 0.2) is 18.5 Å². The highest BCUT2D eigenvalue weighted by Gasteiger charge is 2.21. The predicted octanol–water partition coefficient (Wildman–Crippen LogP) is 2.24. The molecule has 0 radical (unpaired) electrons. The normalized spacial score (nSPS) is 17.2. The lowest BCUT2D eigenvalue weighted by atomic mass is 10.2. The molecule has 1 aromatic rings. The molecule has 1 aliphatic heterocycles. The van der Waals surface area contributed by atoms with Crippen molar-refractivity contribution in [2.24, 2.45) is 0 Å². The Hall–Kier alpha value is -1.05. The van der Waals surface area contributed by atoms with Gasteiger partial charge >= 0.3 is 0 Å². The Morgan fingerprint density at radius 2 is 2.46 bits per heavy atom. The van der Waals surface area contributed by atoms with E-state index in [1.54, 1.807) is 0 Å². The van der Waals surface area contributed by atoms with Crippen LogP contribution in [-0.4, -0.2) is 17.6 Å². The van der Waals surface area contributed by atoms with Crippen LogP contribution in [0, 0.1) is 0 Å². The number of pyridine rings is 1. The van der Waals surface area contributed by atoms with Gasteiger partial charge in [-0.05, 0) is 31.4 Å². The highest BCUT2D eigenvalue weighted by molar-refractivity contribution is 5.56. The highest BCUT2D eigenvalue weighted by Crippen LogP contribution is 2.28. The summed E-state index contributed by atoms with van der Waals surface area (Å²) in [5, 5.41) is 0. The van der Waals surface area contributed by atoms with Gasteiger partial charge in [-0.2, -0.15) is 0 Å². The maximum Gasteiger partial charge on any atom is 0.0588 e. The molecular weight excluding hydrogens is 160 g/mol. The molecule has 2 heterocycles. The molecule has 0 aromatic carbocycles. The molecule has 0 N–H and O–H groups in total. The third-order valence-electron chi connectivity index (χ3n) is 2.94.